The van der Waals surface area contributed by atoms with Crippen molar-refractivity contribution in [3.8, 4) is 17.1 Å². The number of piperidine rings is 1. The number of fused-ring (bicyclic) bond motifs is 1. The second kappa shape index (κ2) is 22.1. The first-order valence-corrected chi connectivity index (χ1v) is 17.9. The monoisotopic (exact) mass is 687 g/mol. The van der Waals surface area contributed by atoms with Crippen molar-refractivity contribution in [1.29, 1.82) is 0 Å². The van der Waals surface area contributed by atoms with Gasteiger partial charge in [0.25, 0.3) is 0 Å². The highest BCUT2D eigenvalue weighted by Crippen LogP contribution is 2.39. The van der Waals surface area contributed by atoms with Gasteiger partial charge in [-0.2, -0.15) is 13.2 Å². The highest BCUT2D eigenvalue weighted by Gasteiger charge is 2.41. The van der Waals surface area contributed by atoms with Crippen LogP contribution in [0.15, 0.2) is 53.7 Å². The zero-order valence-corrected chi connectivity index (χ0v) is 30.9. The number of hydrogen-bond donors (Lipinski definition) is 0. The minimum atomic E-state index is -4.19. The molecule has 0 N–H and O–H groups in total. The molecule has 2 aromatic heterocycles. The molecule has 1 aliphatic heterocycles. The largest absolute Gasteiger partial charge is 0.391 e. The van der Waals surface area contributed by atoms with E-state index in [1.54, 1.807) is 18.2 Å². The molecule has 0 atom stereocenters. The van der Waals surface area contributed by atoms with Crippen LogP contribution in [0.5, 0.6) is 0 Å². The number of nitrogens with zero attached hydrogens (tertiary/aromatic N) is 5. The Bertz CT molecular complexity index is 1370. The topological polar surface area (TPSA) is 46.8 Å². The number of anilines is 1. The molecule has 1 fully saturated rings. The van der Waals surface area contributed by atoms with Crippen molar-refractivity contribution < 1.29 is 13.2 Å². The van der Waals surface area contributed by atoms with Crippen molar-refractivity contribution in [2.45, 2.75) is 93.4 Å². The Morgan fingerprint density at radius 2 is 1.29 bits per heavy atom. The molecule has 5 nitrogen and oxygen atoms in total. The van der Waals surface area contributed by atoms with Crippen LogP contribution in [-0.4, -0.2) is 45.0 Å². The van der Waals surface area contributed by atoms with Crippen LogP contribution >= 0.6 is 35.0 Å². The molecule has 1 saturated heterocycles. The summed E-state index contributed by atoms with van der Waals surface area (Å²) in [6.07, 6.45) is -2.30. The van der Waals surface area contributed by atoms with Crippen molar-refractivity contribution in [1.82, 2.24) is 19.5 Å². The standard InChI is InChI=1S/C24H20Cl2F3N5S.5C2H6/c1-35-23-31-21(33-12-10-14(11-13-33)24(27,28)29)19-22(32-23)34(16-8-6-15(25)7-9-16)20(30-19)17-4-2-3-5-18(17)26;5*1-2/h2-9,14H,10-13H2,1H3;5*1-2H3. The minimum absolute atomic E-state index is 0.0128. The second-order valence-electron chi connectivity index (χ2n) is 8.24. The van der Waals surface area contributed by atoms with Crippen molar-refractivity contribution >= 4 is 51.9 Å². The highest BCUT2D eigenvalue weighted by atomic mass is 35.5. The molecule has 1 aliphatic rings. The summed E-state index contributed by atoms with van der Waals surface area (Å²) in [5.74, 6) is -0.214. The Morgan fingerprint density at radius 3 is 1.78 bits per heavy atom. The number of halogens is 5. The van der Waals surface area contributed by atoms with E-state index < -0.39 is 12.1 Å². The van der Waals surface area contributed by atoms with Crippen LogP contribution in [0.1, 0.15) is 82.1 Å². The van der Waals surface area contributed by atoms with Gasteiger partial charge in [0.1, 0.15) is 5.82 Å². The molecule has 5 rings (SSSR count). The molecule has 0 aliphatic carbocycles. The van der Waals surface area contributed by atoms with Crippen LogP contribution in [0, 0.1) is 5.92 Å². The molecule has 0 radical (unpaired) electrons. The number of alkyl halides is 3. The van der Waals surface area contributed by atoms with E-state index in [4.69, 9.17) is 33.2 Å². The lowest BCUT2D eigenvalue weighted by Gasteiger charge is -2.33. The highest BCUT2D eigenvalue weighted by molar-refractivity contribution is 7.98. The van der Waals surface area contributed by atoms with Crippen LogP contribution in [0.3, 0.4) is 0 Å². The van der Waals surface area contributed by atoms with Gasteiger partial charge in [0.05, 0.1) is 10.9 Å². The Balaban J connectivity index is 0.00000177. The first-order valence-electron chi connectivity index (χ1n) is 15.9. The lowest BCUT2D eigenvalue weighted by atomic mass is 9.96. The maximum Gasteiger partial charge on any atom is 0.391 e. The van der Waals surface area contributed by atoms with Gasteiger partial charge in [-0.3, -0.25) is 4.57 Å². The third-order valence-electron chi connectivity index (χ3n) is 6.11. The summed E-state index contributed by atoms with van der Waals surface area (Å²) >= 11 is 14.0. The summed E-state index contributed by atoms with van der Waals surface area (Å²) in [5.41, 5.74) is 2.54. The van der Waals surface area contributed by atoms with E-state index in [-0.39, 0.29) is 25.9 Å². The van der Waals surface area contributed by atoms with Crippen molar-refractivity contribution in [2.24, 2.45) is 5.92 Å². The van der Waals surface area contributed by atoms with Gasteiger partial charge in [0.15, 0.2) is 22.1 Å². The summed E-state index contributed by atoms with van der Waals surface area (Å²) < 4.78 is 41.7. The Hall–Kier alpha value is -2.49. The normalized spacial score (nSPS) is 12.5. The molecule has 0 spiro atoms. The zero-order chi connectivity index (χ0) is 34.7. The molecule has 0 saturated carbocycles. The van der Waals surface area contributed by atoms with Crippen LogP contribution in [0.25, 0.3) is 28.2 Å². The maximum atomic E-state index is 13.3. The van der Waals surface area contributed by atoms with Gasteiger partial charge >= 0.3 is 6.18 Å². The van der Waals surface area contributed by atoms with Crippen LogP contribution in [-0.2, 0) is 0 Å². The fraction of sp³-hybridized carbons (Fsp3) is 0.500. The molecular weight excluding hydrogens is 638 g/mol. The molecule has 0 bridgehead atoms. The fourth-order valence-corrected chi connectivity index (χ4v) is 5.01. The molecule has 11 heteroatoms. The summed E-state index contributed by atoms with van der Waals surface area (Å²) in [6.45, 7) is 20.5. The van der Waals surface area contributed by atoms with Crippen molar-refractivity contribution in [3.63, 3.8) is 0 Å². The van der Waals surface area contributed by atoms with E-state index in [0.29, 0.717) is 43.6 Å². The van der Waals surface area contributed by atoms with Gasteiger partial charge in [0, 0.05) is 29.4 Å². The zero-order valence-electron chi connectivity index (χ0n) is 28.6. The second-order valence-corrected chi connectivity index (χ2v) is 9.85. The van der Waals surface area contributed by atoms with Gasteiger partial charge in [-0.25, -0.2) is 15.0 Å². The molecule has 0 amide bonds. The number of imidazole rings is 1. The van der Waals surface area contributed by atoms with Gasteiger partial charge < -0.3 is 4.90 Å². The number of rotatable bonds is 4. The smallest absolute Gasteiger partial charge is 0.355 e. The first kappa shape index (κ1) is 42.5. The Morgan fingerprint density at radius 1 is 0.756 bits per heavy atom. The molecule has 45 heavy (non-hydrogen) atoms. The van der Waals surface area contributed by atoms with Gasteiger partial charge in [0.2, 0.25) is 0 Å². The SMILES string of the molecule is CC.CC.CC.CC.CC.CSc1nc(N2CCC(C(F)(F)F)CC2)c2nc(-c3ccccc3Cl)n(-c3ccc(Cl)cc3)c2n1. The quantitative estimate of drug-likeness (QED) is 0.158. The Kier molecular flexibility index (Phi) is 20.9. The molecule has 2 aromatic carbocycles. The van der Waals surface area contributed by atoms with E-state index in [1.165, 1.54) is 11.8 Å². The van der Waals surface area contributed by atoms with Crippen molar-refractivity contribution in [2.75, 3.05) is 24.2 Å². The average Bonchev–Trinajstić information content (AvgIpc) is 3.48. The van der Waals surface area contributed by atoms with E-state index in [0.717, 1.165) is 5.69 Å². The number of hydrogen-bond acceptors (Lipinski definition) is 5. The number of aromatic nitrogens is 4. The van der Waals surface area contributed by atoms with E-state index in [1.807, 2.05) is 115 Å². The molecule has 3 heterocycles. The summed E-state index contributed by atoms with van der Waals surface area (Å²) in [5, 5.41) is 1.61. The predicted octanol–water partition coefficient (Wildman–Crippen LogP) is 12.4. The van der Waals surface area contributed by atoms with E-state index >= 15 is 0 Å². The first-order chi connectivity index (χ1) is 21.8. The number of benzene rings is 2. The fourth-order valence-electron chi connectivity index (χ4n) is 4.31. The maximum absolute atomic E-state index is 13.3. The summed E-state index contributed by atoms with van der Waals surface area (Å²) in [6, 6.07) is 14.6. The molecular formula is C34H50Cl2F3N5S. The van der Waals surface area contributed by atoms with Crippen LogP contribution < -0.4 is 4.90 Å². The van der Waals surface area contributed by atoms with Gasteiger partial charge in [-0.15, -0.1) is 0 Å². The molecule has 0 unspecified atom stereocenters. The number of thioether (sulfide) groups is 1. The van der Waals surface area contributed by atoms with Crippen LogP contribution in [0.2, 0.25) is 10.0 Å². The molecule has 252 valence electrons. The third-order valence-corrected chi connectivity index (χ3v) is 7.24. The van der Waals surface area contributed by atoms with E-state index in [9.17, 15) is 13.2 Å². The predicted molar refractivity (Wildman–Crippen MR) is 192 cm³/mol. The van der Waals surface area contributed by atoms with Crippen LogP contribution in [0.4, 0.5) is 19.0 Å². The van der Waals surface area contributed by atoms with Gasteiger partial charge in [-0.1, -0.05) is 116 Å². The lowest BCUT2D eigenvalue weighted by molar-refractivity contribution is -0.179. The third kappa shape index (κ3) is 11.1. The minimum Gasteiger partial charge on any atom is -0.355 e. The summed E-state index contributed by atoms with van der Waals surface area (Å²) in [4.78, 5) is 16.2. The van der Waals surface area contributed by atoms with Gasteiger partial charge in [-0.05, 0) is 55.5 Å². The Labute approximate surface area is 283 Å². The summed E-state index contributed by atoms with van der Waals surface area (Å²) in [7, 11) is 0. The van der Waals surface area contributed by atoms with E-state index in [2.05, 4.69) is 4.98 Å². The average molecular weight is 689 g/mol. The molecule has 4 aromatic rings. The van der Waals surface area contributed by atoms with Crippen molar-refractivity contribution in [3.05, 3.63) is 58.6 Å². The lowest BCUT2D eigenvalue weighted by Crippen LogP contribution is -2.39.